The van der Waals surface area contributed by atoms with E-state index in [1.807, 2.05) is 32.0 Å². The summed E-state index contributed by atoms with van der Waals surface area (Å²) in [4.78, 5) is 0. The number of ether oxygens (including phenoxy) is 4. The highest BCUT2D eigenvalue weighted by molar-refractivity contribution is 5.44. The van der Waals surface area contributed by atoms with Crippen molar-refractivity contribution in [3.05, 3.63) is 35.4 Å². The fourth-order valence-electron chi connectivity index (χ4n) is 1.97. The van der Waals surface area contributed by atoms with Crippen molar-refractivity contribution in [1.82, 2.24) is 0 Å². The van der Waals surface area contributed by atoms with Gasteiger partial charge in [-0.25, -0.2) is 0 Å². The topological polar surface area (TPSA) is 36.9 Å². The van der Waals surface area contributed by atoms with Crippen molar-refractivity contribution < 1.29 is 18.9 Å². The summed E-state index contributed by atoms with van der Waals surface area (Å²) in [6.07, 6.45) is 3.35. The normalized spacial score (nSPS) is 14.0. The van der Waals surface area contributed by atoms with E-state index in [1.54, 1.807) is 0 Å². The van der Waals surface area contributed by atoms with E-state index in [0.29, 0.717) is 26.1 Å². The third-order valence-electron chi connectivity index (χ3n) is 3.20. The van der Waals surface area contributed by atoms with Crippen LogP contribution in [0.1, 0.15) is 32.8 Å². The Kier molecular flexibility index (Phi) is 6.08. The SMILES string of the molecule is CC(=CCOCc1ccc2c(c1)OCO2)CCOC(C)C. The summed E-state index contributed by atoms with van der Waals surface area (Å²) in [7, 11) is 0. The average Bonchev–Trinajstić information content (AvgIpc) is 2.90. The smallest absolute Gasteiger partial charge is 0.231 e. The highest BCUT2D eigenvalue weighted by atomic mass is 16.7. The zero-order valence-corrected chi connectivity index (χ0v) is 13.1. The Morgan fingerprint density at radius 3 is 2.90 bits per heavy atom. The van der Waals surface area contributed by atoms with Gasteiger partial charge in [-0.3, -0.25) is 0 Å². The Balaban J connectivity index is 1.67. The zero-order chi connectivity index (χ0) is 15.1. The van der Waals surface area contributed by atoms with Crippen LogP contribution in [0.15, 0.2) is 29.8 Å². The molecule has 0 saturated carbocycles. The number of hydrogen-bond acceptors (Lipinski definition) is 4. The van der Waals surface area contributed by atoms with Crippen molar-refractivity contribution in [2.45, 2.75) is 39.9 Å². The van der Waals surface area contributed by atoms with Crippen molar-refractivity contribution in [3.63, 3.8) is 0 Å². The molecular weight excluding hydrogens is 268 g/mol. The maximum absolute atomic E-state index is 5.66. The standard InChI is InChI=1S/C17H24O4/c1-13(2)19-9-7-14(3)6-8-18-11-15-4-5-16-17(10-15)21-12-20-16/h4-6,10,13H,7-9,11-12H2,1-3H3. The Hall–Kier alpha value is -1.52. The Morgan fingerprint density at radius 1 is 1.29 bits per heavy atom. The third kappa shape index (κ3) is 5.40. The third-order valence-corrected chi connectivity index (χ3v) is 3.20. The zero-order valence-electron chi connectivity index (χ0n) is 13.1. The van der Waals surface area contributed by atoms with Gasteiger partial charge in [0, 0.05) is 0 Å². The van der Waals surface area contributed by atoms with Crippen molar-refractivity contribution in [3.8, 4) is 11.5 Å². The van der Waals surface area contributed by atoms with Crippen molar-refractivity contribution in [2.75, 3.05) is 20.0 Å². The lowest BCUT2D eigenvalue weighted by molar-refractivity contribution is 0.0811. The molecule has 1 heterocycles. The van der Waals surface area contributed by atoms with Gasteiger partial charge in [-0.2, -0.15) is 0 Å². The lowest BCUT2D eigenvalue weighted by atomic mass is 10.2. The molecule has 0 unspecified atom stereocenters. The second kappa shape index (κ2) is 8.05. The number of rotatable bonds is 8. The van der Waals surface area contributed by atoms with Crippen LogP contribution in [0.5, 0.6) is 11.5 Å². The van der Waals surface area contributed by atoms with Crippen LogP contribution in [-0.4, -0.2) is 26.1 Å². The van der Waals surface area contributed by atoms with Gasteiger partial charge < -0.3 is 18.9 Å². The quantitative estimate of drug-likeness (QED) is 0.541. The van der Waals surface area contributed by atoms with E-state index in [-0.39, 0.29) is 0 Å². The molecule has 4 heteroatoms. The lowest BCUT2D eigenvalue weighted by Crippen LogP contribution is -2.04. The molecule has 0 atom stereocenters. The number of hydrogen-bond donors (Lipinski definition) is 0. The highest BCUT2D eigenvalue weighted by Gasteiger charge is 2.12. The maximum atomic E-state index is 5.66. The highest BCUT2D eigenvalue weighted by Crippen LogP contribution is 2.32. The first kappa shape index (κ1) is 15.9. The molecule has 1 aliphatic heterocycles. The molecule has 0 saturated heterocycles. The molecule has 1 aliphatic rings. The Labute approximate surface area is 126 Å². The van der Waals surface area contributed by atoms with Gasteiger partial charge in [0.25, 0.3) is 0 Å². The molecular formula is C17H24O4. The molecule has 0 radical (unpaired) electrons. The van der Waals surface area contributed by atoms with Gasteiger partial charge >= 0.3 is 0 Å². The molecule has 4 nitrogen and oxygen atoms in total. The molecule has 0 N–H and O–H groups in total. The van der Waals surface area contributed by atoms with E-state index >= 15 is 0 Å². The van der Waals surface area contributed by atoms with Crippen LogP contribution in [0.3, 0.4) is 0 Å². The van der Waals surface area contributed by atoms with Crippen LogP contribution in [0.25, 0.3) is 0 Å². The van der Waals surface area contributed by atoms with Gasteiger partial charge in [-0.15, -0.1) is 0 Å². The summed E-state index contributed by atoms with van der Waals surface area (Å²) < 4.78 is 21.8. The van der Waals surface area contributed by atoms with Crippen LogP contribution in [-0.2, 0) is 16.1 Å². The first-order valence-corrected chi connectivity index (χ1v) is 7.38. The van der Waals surface area contributed by atoms with Gasteiger partial charge in [-0.05, 0) is 44.9 Å². The van der Waals surface area contributed by atoms with Crippen LogP contribution in [0, 0.1) is 0 Å². The summed E-state index contributed by atoms with van der Waals surface area (Å²) >= 11 is 0. The van der Waals surface area contributed by atoms with E-state index in [4.69, 9.17) is 18.9 Å². The summed E-state index contributed by atoms with van der Waals surface area (Å²) in [5.74, 6) is 1.60. The summed E-state index contributed by atoms with van der Waals surface area (Å²) in [6, 6.07) is 5.89. The molecule has 0 bridgehead atoms. The Bertz CT molecular complexity index is 480. The van der Waals surface area contributed by atoms with Gasteiger partial charge in [-0.1, -0.05) is 17.7 Å². The molecule has 0 aliphatic carbocycles. The summed E-state index contributed by atoms with van der Waals surface area (Å²) in [5, 5.41) is 0. The number of benzene rings is 1. The van der Waals surface area contributed by atoms with E-state index in [0.717, 1.165) is 30.1 Å². The molecule has 0 amide bonds. The monoisotopic (exact) mass is 292 g/mol. The first-order valence-electron chi connectivity index (χ1n) is 7.38. The fraction of sp³-hybridized carbons (Fsp3) is 0.529. The Morgan fingerprint density at radius 2 is 2.10 bits per heavy atom. The molecule has 2 rings (SSSR count). The van der Waals surface area contributed by atoms with Gasteiger partial charge in [0.1, 0.15) is 0 Å². The molecule has 0 fully saturated rings. The average molecular weight is 292 g/mol. The van der Waals surface area contributed by atoms with E-state index < -0.39 is 0 Å². The molecule has 21 heavy (non-hydrogen) atoms. The minimum Gasteiger partial charge on any atom is -0.454 e. The van der Waals surface area contributed by atoms with E-state index in [2.05, 4.69) is 13.0 Å². The molecule has 1 aromatic rings. The summed E-state index contributed by atoms with van der Waals surface area (Å²) in [5.41, 5.74) is 2.38. The van der Waals surface area contributed by atoms with Crippen LogP contribution >= 0.6 is 0 Å². The van der Waals surface area contributed by atoms with Crippen molar-refractivity contribution in [2.24, 2.45) is 0 Å². The molecule has 0 aromatic heterocycles. The largest absolute Gasteiger partial charge is 0.454 e. The number of fused-ring (bicyclic) bond motifs is 1. The van der Waals surface area contributed by atoms with Gasteiger partial charge in [0.15, 0.2) is 11.5 Å². The minimum absolute atomic E-state index is 0.292. The second-order valence-corrected chi connectivity index (χ2v) is 5.42. The fourth-order valence-corrected chi connectivity index (χ4v) is 1.97. The van der Waals surface area contributed by atoms with Crippen LogP contribution < -0.4 is 9.47 Å². The lowest BCUT2D eigenvalue weighted by Gasteiger charge is -2.07. The van der Waals surface area contributed by atoms with E-state index in [9.17, 15) is 0 Å². The summed E-state index contributed by atoms with van der Waals surface area (Å²) in [6.45, 7) is 8.46. The van der Waals surface area contributed by atoms with Crippen molar-refractivity contribution >= 4 is 0 Å². The second-order valence-electron chi connectivity index (χ2n) is 5.42. The predicted octanol–water partition coefficient (Wildman–Crippen LogP) is 3.69. The van der Waals surface area contributed by atoms with Crippen LogP contribution in [0.4, 0.5) is 0 Å². The molecule has 0 spiro atoms. The molecule has 1 aromatic carbocycles. The maximum Gasteiger partial charge on any atom is 0.231 e. The molecule has 116 valence electrons. The minimum atomic E-state index is 0.292. The van der Waals surface area contributed by atoms with Crippen LogP contribution in [0.2, 0.25) is 0 Å². The van der Waals surface area contributed by atoms with Crippen molar-refractivity contribution in [1.29, 1.82) is 0 Å². The van der Waals surface area contributed by atoms with Gasteiger partial charge in [0.2, 0.25) is 6.79 Å². The van der Waals surface area contributed by atoms with E-state index in [1.165, 1.54) is 5.57 Å². The van der Waals surface area contributed by atoms with Gasteiger partial charge in [0.05, 0.1) is 25.9 Å². The first-order chi connectivity index (χ1) is 10.1. The predicted molar refractivity (Wildman–Crippen MR) is 81.7 cm³/mol.